The van der Waals surface area contributed by atoms with Crippen LogP contribution in [0.25, 0.3) is 16.5 Å². The zero-order valence-corrected chi connectivity index (χ0v) is 20.9. The van der Waals surface area contributed by atoms with Crippen LogP contribution < -0.4 is 26.0 Å². The number of hydrazine groups is 1. The van der Waals surface area contributed by atoms with E-state index in [1.54, 1.807) is 5.17 Å². The van der Waals surface area contributed by atoms with Gasteiger partial charge in [-0.3, -0.25) is 10.4 Å². The first-order valence-corrected chi connectivity index (χ1v) is 12.3. The van der Waals surface area contributed by atoms with E-state index in [0.29, 0.717) is 5.75 Å². The van der Waals surface area contributed by atoms with E-state index in [1.807, 2.05) is 74.1 Å². The van der Waals surface area contributed by atoms with Crippen molar-refractivity contribution in [2.45, 2.75) is 25.0 Å². The van der Waals surface area contributed by atoms with E-state index in [4.69, 9.17) is 20.3 Å². The molecular formula is C30H27N5O2. The van der Waals surface area contributed by atoms with E-state index >= 15 is 0 Å². The third-order valence-corrected chi connectivity index (χ3v) is 7.81. The topological polar surface area (TPSA) is 75.4 Å². The molecule has 0 bridgehead atoms. The molecule has 7 heteroatoms. The molecule has 7 nitrogen and oxygen atoms in total. The Balaban J connectivity index is 1.37. The second kappa shape index (κ2) is 7.43. The number of likely N-dealkylation sites (N-methyl/N-ethyl adjacent to an activating group) is 1. The number of nitrogen functional groups attached to an aromatic ring is 1. The zero-order valence-electron chi connectivity index (χ0n) is 20.9. The van der Waals surface area contributed by atoms with Gasteiger partial charge in [0, 0.05) is 29.4 Å². The van der Waals surface area contributed by atoms with Crippen molar-refractivity contribution in [3.63, 3.8) is 0 Å². The third kappa shape index (κ3) is 2.91. The minimum absolute atomic E-state index is 0.441. The highest BCUT2D eigenvalue weighted by atomic mass is 16.7. The van der Waals surface area contributed by atoms with Gasteiger partial charge in [0.1, 0.15) is 11.4 Å². The van der Waals surface area contributed by atoms with Gasteiger partial charge in [0.15, 0.2) is 11.5 Å². The van der Waals surface area contributed by atoms with Crippen LogP contribution in [0.2, 0.25) is 0 Å². The number of fused-ring (bicyclic) bond motifs is 4. The lowest BCUT2D eigenvalue weighted by atomic mass is 9.77. The van der Waals surface area contributed by atoms with Crippen molar-refractivity contribution >= 4 is 45.5 Å². The standard InChI is InChI=1S/C30H27N5O2/c1-29(2)23-16-21(31)13-14-24(23)34(3)30(29)18-32-27-22-12-8-7-11-20(22)15-25(28(27)36-30)35-33-17-26(37-35)19-9-5-4-6-10-19/h4-18,33H,31H2,1-3H3. The maximum Gasteiger partial charge on any atom is 0.228 e. The lowest BCUT2D eigenvalue weighted by molar-refractivity contribution is 0.0814. The number of ether oxygens (including phenoxy) is 1. The molecule has 0 saturated carbocycles. The lowest BCUT2D eigenvalue weighted by Gasteiger charge is -2.45. The maximum atomic E-state index is 7.07. The molecule has 0 amide bonds. The first kappa shape index (κ1) is 21.6. The fourth-order valence-corrected chi connectivity index (χ4v) is 5.72. The largest absolute Gasteiger partial charge is 0.457 e. The van der Waals surface area contributed by atoms with E-state index in [2.05, 4.69) is 48.4 Å². The van der Waals surface area contributed by atoms with Crippen LogP contribution in [0.1, 0.15) is 25.0 Å². The Morgan fingerprint density at radius 3 is 2.54 bits per heavy atom. The molecule has 0 aromatic heterocycles. The van der Waals surface area contributed by atoms with E-state index in [9.17, 15) is 0 Å². The number of rotatable bonds is 2. The molecule has 3 N–H and O–H groups in total. The van der Waals surface area contributed by atoms with Crippen molar-refractivity contribution in [3.05, 3.63) is 96.2 Å². The van der Waals surface area contributed by atoms with Crippen molar-refractivity contribution in [2.24, 2.45) is 4.99 Å². The predicted octanol–water partition coefficient (Wildman–Crippen LogP) is 5.90. The molecule has 1 spiro atoms. The first-order valence-electron chi connectivity index (χ1n) is 12.3. The number of anilines is 3. The Hall–Kier alpha value is -4.65. The van der Waals surface area contributed by atoms with E-state index < -0.39 is 11.1 Å². The van der Waals surface area contributed by atoms with Crippen molar-refractivity contribution in [1.82, 2.24) is 5.43 Å². The van der Waals surface area contributed by atoms with Crippen molar-refractivity contribution in [3.8, 4) is 5.75 Å². The molecule has 37 heavy (non-hydrogen) atoms. The van der Waals surface area contributed by atoms with Gasteiger partial charge in [0.05, 0.1) is 17.8 Å². The highest BCUT2D eigenvalue weighted by Crippen LogP contribution is 2.56. The number of aliphatic imine (C=N–C) groups is 1. The molecule has 3 heterocycles. The molecule has 1 atom stereocenters. The van der Waals surface area contributed by atoms with E-state index in [-0.39, 0.29) is 0 Å². The molecule has 4 aromatic rings. The number of nitrogens with zero attached hydrogens (tertiary/aromatic N) is 3. The summed E-state index contributed by atoms with van der Waals surface area (Å²) >= 11 is 0. The Bertz CT molecular complexity index is 1630. The molecule has 4 aromatic carbocycles. The number of hydrogen-bond acceptors (Lipinski definition) is 7. The lowest BCUT2D eigenvalue weighted by Crippen LogP contribution is -2.61. The van der Waals surface area contributed by atoms with Crippen LogP contribution in [0.15, 0.2) is 90.1 Å². The maximum absolute atomic E-state index is 7.07. The summed E-state index contributed by atoms with van der Waals surface area (Å²) in [4.78, 5) is 13.5. The number of hydrogen-bond donors (Lipinski definition) is 2. The van der Waals surface area contributed by atoms with Crippen molar-refractivity contribution in [1.29, 1.82) is 0 Å². The summed E-state index contributed by atoms with van der Waals surface area (Å²) in [6, 6.07) is 26.3. The predicted molar refractivity (Wildman–Crippen MR) is 149 cm³/mol. The molecule has 0 aliphatic carbocycles. The summed E-state index contributed by atoms with van der Waals surface area (Å²) in [5.74, 6) is 1.37. The summed E-state index contributed by atoms with van der Waals surface area (Å²) in [7, 11) is 2.04. The molecular weight excluding hydrogens is 462 g/mol. The molecule has 0 saturated heterocycles. The molecule has 1 unspecified atom stereocenters. The molecule has 3 aliphatic rings. The quantitative estimate of drug-likeness (QED) is 0.342. The first-order chi connectivity index (χ1) is 17.9. The summed E-state index contributed by atoms with van der Waals surface area (Å²) in [5.41, 5.74) is 13.6. The summed E-state index contributed by atoms with van der Waals surface area (Å²) in [6.07, 6.45) is 3.79. The van der Waals surface area contributed by atoms with Crippen LogP contribution in [0.4, 0.5) is 22.7 Å². The highest BCUT2D eigenvalue weighted by Gasteiger charge is 2.59. The van der Waals surface area contributed by atoms with Gasteiger partial charge in [-0.2, -0.15) is 0 Å². The fraction of sp³-hybridized carbons (Fsp3) is 0.167. The highest BCUT2D eigenvalue weighted by molar-refractivity contribution is 6.03. The average molecular weight is 490 g/mol. The van der Waals surface area contributed by atoms with Gasteiger partial charge in [-0.25, -0.2) is 0 Å². The van der Waals surface area contributed by atoms with Crippen LogP contribution >= 0.6 is 0 Å². The summed E-state index contributed by atoms with van der Waals surface area (Å²) < 4.78 is 7.07. The number of benzene rings is 4. The van der Waals surface area contributed by atoms with Crippen LogP contribution in [-0.2, 0) is 10.3 Å². The molecule has 0 fully saturated rings. The second-order valence-corrected chi connectivity index (χ2v) is 10.2. The SMILES string of the molecule is CN1c2ccc(N)cc2C(C)(C)C12C=Nc1c(c(N3NC=C(c4ccccc4)O3)cc3ccccc13)O2. The Morgan fingerprint density at radius 2 is 1.70 bits per heavy atom. The Kier molecular flexibility index (Phi) is 4.34. The van der Waals surface area contributed by atoms with Crippen LogP contribution in [-0.4, -0.2) is 19.0 Å². The second-order valence-electron chi connectivity index (χ2n) is 10.2. The van der Waals surface area contributed by atoms with Gasteiger partial charge in [0.2, 0.25) is 5.72 Å². The van der Waals surface area contributed by atoms with Gasteiger partial charge in [-0.05, 0) is 49.1 Å². The molecule has 184 valence electrons. The summed E-state index contributed by atoms with van der Waals surface area (Å²) in [5, 5.41) is 3.71. The van der Waals surface area contributed by atoms with E-state index in [1.165, 1.54) is 0 Å². The Labute approximate surface area is 215 Å². The van der Waals surface area contributed by atoms with Crippen LogP contribution in [0, 0.1) is 0 Å². The van der Waals surface area contributed by atoms with Gasteiger partial charge < -0.3 is 20.2 Å². The average Bonchev–Trinajstić information content (AvgIpc) is 3.47. The van der Waals surface area contributed by atoms with Crippen molar-refractivity contribution in [2.75, 3.05) is 22.9 Å². The molecule has 3 aliphatic heterocycles. The zero-order chi connectivity index (χ0) is 25.4. The third-order valence-electron chi connectivity index (χ3n) is 7.81. The number of nitrogens with two attached hydrogens (primary N) is 1. The Morgan fingerprint density at radius 1 is 0.919 bits per heavy atom. The number of nitrogens with one attached hydrogen (secondary N) is 1. The van der Waals surface area contributed by atoms with Gasteiger partial charge in [-0.15, -0.1) is 5.17 Å². The minimum Gasteiger partial charge on any atom is -0.457 e. The molecule has 0 radical (unpaired) electrons. The smallest absolute Gasteiger partial charge is 0.228 e. The van der Waals surface area contributed by atoms with Crippen LogP contribution in [0.5, 0.6) is 5.75 Å². The van der Waals surface area contributed by atoms with Crippen LogP contribution in [0.3, 0.4) is 0 Å². The summed E-state index contributed by atoms with van der Waals surface area (Å²) in [6.45, 7) is 4.35. The molecule has 7 rings (SSSR count). The normalized spacial score (nSPS) is 20.8. The fourth-order valence-electron chi connectivity index (χ4n) is 5.72. The monoisotopic (exact) mass is 489 g/mol. The minimum atomic E-state index is -0.858. The van der Waals surface area contributed by atoms with Gasteiger partial charge >= 0.3 is 0 Å². The van der Waals surface area contributed by atoms with Crippen molar-refractivity contribution < 1.29 is 9.57 Å². The van der Waals surface area contributed by atoms with Gasteiger partial charge in [0.25, 0.3) is 0 Å². The van der Waals surface area contributed by atoms with Gasteiger partial charge in [-0.1, -0.05) is 54.6 Å². The van der Waals surface area contributed by atoms with E-state index in [0.717, 1.165) is 50.4 Å².